The van der Waals surface area contributed by atoms with Crippen LogP contribution in [0.2, 0.25) is 0 Å². The van der Waals surface area contributed by atoms with E-state index in [0.29, 0.717) is 19.3 Å². The molecule has 0 aliphatic carbocycles. The van der Waals surface area contributed by atoms with Gasteiger partial charge in [0.05, 0.1) is 25.9 Å². The van der Waals surface area contributed by atoms with Gasteiger partial charge in [-0.15, -0.1) is 0 Å². The number of esters is 2. The smallest absolute Gasteiger partial charge is 0.462 e. The number of carbonyl (C=O) groups is 2. The average Bonchev–Trinajstić information content (AvgIpc) is 3.20. The summed E-state index contributed by atoms with van der Waals surface area (Å²) >= 11 is 0. The fourth-order valence-corrected chi connectivity index (χ4v) is 6.79. The van der Waals surface area contributed by atoms with E-state index in [-0.39, 0.29) is 12.8 Å². The molecule has 0 amide bonds. The van der Waals surface area contributed by atoms with Crippen molar-refractivity contribution in [3.05, 3.63) is 48.6 Å². The first-order chi connectivity index (χ1) is 28.1. The SMILES string of the molecule is CCCCCCCC/C=C\CCCCCCCCCC(=O)O[C@H](COC(=O)CCCC(O)/C=C/C=C/C/C=C/CCCCCCCC)COP(=O)(O)OC[C@@H](O)CO. The summed E-state index contributed by atoms with van der Waals surface area (Å²) in [5.41, 5.74) is 0. The quantitative estimate of drug-likeness (QED) is 0.0152. The number of phosphoric ester groups is 1. The van der Waals surface area contributed by atoms with Crippen LogP contribution in [0.5, 0.6) is 0 Å². The third-order valence-electron chi connectivity index (χ3n) is 9.56. The zero-order valence-electron chi connectivity index (χ0n) is 36.4. The van der Waals surface area contributed by atoms with E-state index < -0.39 is 64.5 Å². The molecule has 0 aromatic rings. The molecule has 2 unspecified atom stereocenters. The van der Waals surface area contributed by atoms with Gasteiger partial charge < -0.3 is 29.7 Å². The highest BCUT2D eigenvalue weighted by Gasteiger charge is 2.27. The molecule has 338 valence electrons. The first-order valence-corrected chi connectivity index (χ1v) is 24.2. The van der Waals surface area contributed by atoms with Crippen LogP contribution in [-0.4, -0.2) is 76.9 Å². The van der Waals surface area contributed by atoms with Crippen LogP contribution in [0.3, 0.4) is 0 Å². The average molecular weight is 843 g/mol. The van der Waals surface area contributed by atoms with Crippen molar-refractivity contribution < 1.29 is 52.9 Å². The predicted octanol–water partition coefficient (Wildman–Crippen LogP) is 11.1. The Hall–Kier alpha value is -2.11. The minimum Gasteiger partial charge on any atom is -0.462 e. The number of rotatable bonds is 42. The maximum Gasteiger partial charge on any atom is 0.472 e. The summed E-state index contributed by atoms with van der Waals surface area (Å²) in [5.74, 6) is -1.13. The molecule has 12 heteroatoms. The van der Waals surface area contributed by atoms with Crippen LogP contribution in [0.25, 0.3) is 0 Å². The summed E-state index contributed by atoms with van der Waals surface area (Å²) in [6, 6.07) is 0. The fourth-order valence-electron chi connectivity index (χ4n) is 6.00. The van der Waals surface area contributed by atoms with Gasteiger partial charge in [-0.2, -0.15) is 0 Å². The number of hydrogen-bond donors (Lipinski definition) is 4. The first-order valence-electron chi connectivity index (χ1n) is 22.7. The Morgan fingerprint density at radius 3 is 1.66 bits per heavy atom. The van der Waals surface area contributed by atoms with E-state index in [1.165, 1.54) is 96.3 Å². The first kappa shape index (κ1) is 55.9. The molecule has 0 rings (SSSR count). The Balaban J connectivity index is 4.45. The predicted molar refractivity (Wildman–Crippen MR) is 234 cm³/mol. The van der Waals surface area contributed by atoms with Crippen LogP contribution in [0, 0.1) is 0 Å². The molecule has 0 saturated heterocycles. The molecular formula is C46H83O11P. The van der Waals surface area contributed by atoms with Crippen molar-refractivity contribution in [1.29, 1.82) is 0 Å². The van der Waals surface area contributed by atoms with Gasteiger partial charge >= 0.3 is 19.8 Å². The molecule has 4 N–H and O–H groups in total. The van der Waals surface area contributed by atoms with Gasteiger partial charge in [0.1, 0.15) is 12.7 Å². The van der Waals surface area contributed by atoms with E-state index in [4.69, 9.17) is 19.1 Å². The molecule has 0 fully saturated rings. The van der Waals surface area contributed by atoms with Crippen LogP contribution >= 0.6 is 7.82 Å². The van der Waals surface area contributed by atoms with E-state index >= 15 is 0 Å². The molecule has 0 aliphatic heterocycles. The summed E-state index contributed by atoms with van der Waals surface area (Å²) < 4.78 is 32.6. The van der Waals surface area contributed by atoms with Crippen molar-refractivity contribution >= 4 is 19.8 Å². The van der Waals surface area contributed by atoms with E-state index in [0.717, 1.165) is 44.9 Å². The van der Waals surface area contributed by atoms with Crippen molar-refractivity contribution in [3.63, 3.8) is 0 Å². The second kappa shape index (κ2) is 41.6. The molecule has 0 aromatic heterocycles. The third-order valence-corrected chi connectivity index (χ3v) is 10.5. The number of allylic oxidation sites excluding steroid dienone is 7. The summed E-state index contributed by atoms with van der Waals surface area (Å²) in [6.45, 7) is 2.15. The number of carbonyl (C=O) groups excluding carboxylic acids is 2. The lowest BCUT2D eigenvalue weighted by atomic mass is 10.1. The molecule has 4 atom stereocenters. The number of hydrogen-bond acceptors (Lipinski definition) is 10. The van der Waals surface area contributed by atoms with Gasteiger partial charge in [0.15, 0.2) is 6.10 Å². The van der Waals surface area contributed by atoms with Gasteiger partial charge in [-0.05, 0) is 64.2 Å². The molecule has 0 aromatic carbocycles. The van der Waals surface area contributed by atoms with Gasteiger partial charge in [-0.3, -0.25) is 18.6 Å². The molecule has 11 nitrogen and oxygen atoms in total. The third kappa shape index (κ3) is 40.7. The van der Waals surface area contributed by atoms with Crippen molar-refractivity contribution in [1.82, 2.24) is 0 Å². The van der Waals surface area contributed by atoms with E-state index in [1.54, 1.807) is 12.2 Å². The Labute approximate surface area is 352 Å². The summed E-state index contributed by atoms with van der Waals surface area (Å²) in [4.78, 5) is 35.0. The van der Waals surface area contributed by atoms with Crippen LogP contribution in [0.15, 0.2) is 48.6 Å². The van der Waals surface area contributed by atoms with E-state index in [2.05, 4.69) is 42.7 Å². The number of ether oxygens (including phenoxy) is 2. The topological polar surface area (TPSA) is 169 Å². The standard InChI is InChI=1S/C46H83O11P/c1-3-5-7-9-11-13-15-17-18-19-20-22-24-26-28-30-32-36-46(51)57-44(41-56-58(52,53)55-39-43(49)38-47)40-54-45(50)37-33-35-42(48)34-31-29-27-25-23-21-16-14-12-10-8-6-4-2/h17-18,21,23,27,29,31,34,42-44,47-49H,3-16,19-20,22,24-26,28,30,32-33,35-41H2,1-2H3,(H,52,53)/b18-17-,23-21+,29-27+,34-31+/t42?,43-,44+/m0/s1. The normalized spacial score (nSPS) is 14.8. The highest BCUT2D eigenvalue weighted by Crippen LogP contribution is 2.43. The van der Waals surface area contributed by atoms with Crippen LogP contribution in [0.4, 0.5) is 0 Å². The molecule has 0 heterocycles. The maximum atomic E-state index is 12.6. The summed E-state index contributed by atoms with van der Waals surface area (Å²) in [5, 5.41) is 28.6. The minimum absolute atomic E-state index is 0.0161. The van der Waals surface area contributed by atoms with Gasteiger partial charge in [0, 0.05) is 12.8 Å². The number of aliphatic hydroxyl groups is 3. The highest BCUT2D eigenvalue weighted by atomic mass is 31.2. The lowest BCUT2D eigenvalue weighted by molar-refractivity contribution is -0.161. The number of aliphatic hydroxyl groups excluding tert-OH is 3. The van der Waals surface area contributed by atoms with E-state index in [1.807, 2.05) is 12.2 Å². The Bertz CT molecular complexity index is 1120. The lowest BCUT2D eigenvalue weighted by Crippen LogP contribution is -2.30. The van der Waals surface area contributed by atoms with Crippen LogP contribution in [0.1, 0.15) is 187 Å². The lowest BCUT2D eigenvalue weighted by Gasteiger charge is -2.20. The van der Waals surface area contributed by atoms with Crippen LogP contribution < -0.4 is 0 Å². The molecule has 0 bridgehead atoms. The van der Waals surface area contributed by atoms with Crippen molar-refractivity contribution in [2.75, 3.05) is 26.4 Å². The number of phosphoric acid groups is 1. The maximum absolute atomic E-state index is 12.6. The highest BCUT2D eigenvalue weighted by molar-refractivity contribution is 7.47. The second-order valence-corrected chi connectivity index (χ2v) is 16.7. The number of unbranched alkanes of at least 4 members (excludes halogenated alkanes) is 19. The molecule has 0 saturated carbocycles. The van der Waals surface area contributed by atoms with Crippen LogP contribution in [-0.2, 0) is 32.7 Å². The van der Waals surface area contributed by atoms with Crippen molar-refractivity contribution in [3.8, 4) is 0 Å². The van der Waals surface area contributed by atoms with Crippen molar-refractivity contribution in [2.45, 2.75) is 206 Å². The van der Waals surface area contributed by atoms with E-state index in [9.17, 15) is 29.3 Å². The zero-order chi connectivity index (χ0) is 42.8. The summed E-state index contributed by atoms with van der Waals surface area (Å²) in [6.07, 6.45) is 41.0. The summed E-state index contributed by atoms with van der Waals surface area (Å²) in [7, 11) is -4.66. The van der Waals surface area contributed by atoms with Gasteiger partial charge in [0.25, 0.3) is 0 Å². The van der Waals surface area contributed by atoms with Gasteiger partial charge in [0.2, 0.25) is 0 Å². The Morgan fingerprint density at radius 1 is 0.586 bits per heavy atom. The van der Waals surface area contributed by atoms with Gasteiger partial charge in [-0.1, -0.05) is 159 Å². The molecule has 0 spiro atoms. The molecule has 0 radical (unpaired) electrons. The minimum atomic E-state index is -4.66. The van der Waals surface area contributed by atoms with Gasteiger partial charge in [-0.25, -0.2) is 4.57 Å². The Morgan fingerprint density at radius 2 is 1.09 bits per heavy atom. The Kier molecular flexibility index (Phi) is 40.1. The largest absolute Gasteiger partial charge is 0.472 e. The molecule has 58 heavy (non-hydrogen) atoms. The molecule has 0 aliphatic rings. The fraction of sp³-hybridized carbons (Fsp3) is 0.783. The van der Waals surface area contributed by atoms with Crippen molar-refractivity contribution in [2.24, 2.45) is 0 Å². The molecular weight excluding hydrogens is 759 g/mol. The second-order valence-electron chi connectivity index (χ2n) is 15.3. The zero-order valence-corrected chi connectivity index (χ0v) is 37.3. The monoisotopic (exact) mass is 843 g/mol.